The molecule has 0 aliphatic carbocycles. The quantitative estimate of drug-likeness (QED) is 0.776. The lowest BCUT2D eigenvalue weighted by atomic mass is 10.0. The van der Waals surface area contributed by atoms with Crippen LogP contribution in [-0.4, -0.2) is 44.7 Å². The molecule has 1 amide bonds. The summed E-state index contributed by atoms with van der Waals surface area (Å²) in [5.74, 6) is 0.804. The van der Waals surface area contributed by atoms with Gasteiger partial charge in [-0.25, -0.2) is 0 Å². The van der Waals surface area contributed by atoms with Crippen molar-refractivity contribution in [2.75, 3.05) is 33.9 Å². The van der Waals surface area contributed by atoms with Gasteiger partial charge < -0.3 is 14.8 Å². The number of benzene rings is 2. The van der Waals surface area contributed by atoms with Crippen LogP contribution in [0.4, 0.5) is 0 Å². The first-order valence-electron chi connectivity index (χ1n) is 9.46. The van der Waals surface area contributed by atoms with Crippen LogP contribution in [0.5, 0.6) is 5.75 Å². The van der Waals surface area contributed by atoms with Crippen molar-refractivity contribution in [3.8, 4) is 5.75 Å². The summed E-state index contributed by atoms with van der Waals surface area (Å²) >= 11 is 0. The number of nitrogens with zero attached hydrogens (tertiary/aromatic N) is 1. The average Bonchev–Trinajstić information content (AvgIpc) is 3.23. The minimum atomic E-state index is -0.0629. The fourth-order valence-electron chi connectivity index (χ4n) is 3.69. The number of amides is 1. The van der Waals surface area contributed by atoms with E-state index in [1.165, 1.54) is 12.8 Å². The van der Waals surface area contributed by atoms with Crippen molar-refractivity contribution < 1.29 is 14.3 Å². The molecule has 5 heteroatoms. The highest BCUT2D eigenvalue weighted by Crippen LogP contribution is 2.31. The van der Waals surface area contributed by atoms with Crippen molar-refractivity contribution in [2.24, 2.45) is 0 Å². The summed E-state index contributed by atoms with van der Waals surface area (Å²) in [7, 11) is 3.35. The largest absolute Gasteiger partial charge is 0.496 e. The summed E-state index contributed by atoms with van der Waals surface area (Å²) in [5, 5.41) is 3.12. The SMILES string of the molecule is COCc1cccc(C(=O)NCC(c2ccccc2OC)N2CCCC2)c1. The Morgan fingerprint density at radius 2 is 1.89 bits per heavy atom. The molecule has 1 heterocycles. The fraction of sp³-hybridized carbons (Fsp3) is 0.409. The van der Waals surface area contributed by atoms with Crippen molar-refractivity contribution in [2.45, 2.75) is 25.5 Å². The molecule has 5 nitrogen and oxygen atoms in total. The van der Waals surface area contributed by atoms with Gasteiger partial charge in [0.25, 0.3) is 5.91 Å². The summed E-state index contributed by atoms with van der Waals surface area (Å²) in [4.78, 5) is 15.1. The number of likely N-dealkylation sites (tertiary alicyclic amines) is 1. The molecule has 2 aromatic rings. The Hall–Kier alpha value is -2.37. The van der Waals surface area contributed by atoms with Crippen LogP contribution in [0.3, 0.4) is 0 Å². The second kappa shape index (κ2) is 9.53. The third kappa shape index (κ3) is 4.87. The summed E-state index contributed by atoms with van der Waals surface area (Å²) in [6, 6.07) is 15.7. The Kier molecular flexibility index (Phi) is 6.85. The molecule has 1 N–H and O–H groups in total. The molecule has 3 rings (SSSR count). The van der Waals surface area contributed by atoms with Crippen molar-refractivity contribution in [3.63, 3.8) is 0 Å². The van der Waals surface area contributed by atoms with Crippen molar-refractivity contribution in [3.05, 3.63) is 65.2 Å². The second-order valence-corrected chi connectivity index (χ2v) is 6.84. The molecule has 0 radical (unpaired) electrons. The first-order chi connectivity index (χ1) is 13.2. The van der Waals surface area contributed by atoms with E-state index in [0.29, 0.717) is 18.7 Å². The van der Waals surface area contributed by atoms with Crippen LogP contribution >= 0.6 is 0 Å². The Bertz CT molecular complexity index is 757. The zero-order valence-corrected chi connectivity index (χ0v) is 16.1. The summed E-state index contributed by atoms with van der Waals surface area (Å²) in [6.45, 7) is 3.14. The first-order valence-corrected chi connectivity index (χ1v) is 9.46. The predicted molar refractivity (Wildman–Crippen MR) is 106 cm³/mol. The third-order valence-electron chi connectivity index (χ3n) is 5.04. The van der Waals surface area contributed by atoms with Crippen LogP contribution in [0.15, 0.2) is 48.5 Å². The van der Waals surface area contributed by atoms with Gasteiger partial charge in [-0.05, 0) is 49.7 Å². The minimum Gasteiger partial charge on any atom is -0.496 e. The smallest absolute Gasteiger partial charge is 0.251 e. The van der Waals surface area contributed by atoms with E-state index in [9.17, 15) is 4.79 Å². The zero-order valence-electron chi connectivity index (χ0n) is 16.1. The monoisotopic (exact) mass is 368 g/mol. The van der Waals surface area contributed by atoms with Gasteiger partial charge in [0.15, 0.2) is 0 Å². The molecule has 1 unspecified atom stereocenters. The van der Waals surface area contributed by atoms with Gasteiger partial charge in [0.1, 0.15) is 5.75 Å². The number of carbonyl (C=O) groups excluding carboxylic acids is 1. The molecule has 1 aliphatic heterocycles. The highest BCUT2D eigenvalue weighted by molar-refractivity contribution is 5.94. The third-order valence-corrected chi connectivity index (χ3v) is 5.04. The summed E-state index contributed by atoms with van der Waals surface area (Å²) < 4.78 is 10.7. The van der Waals surface area contributed by atoms with Crippen LogP contribution in [0, 0.1) is 0 Å². The molecule has 144 valence electrons. The number of methoxy groups -OCH3 is 2. The standard InChI is InChI=1S/C22H28N2O3/c1-26-16-17-8-7-9-18(14-17)22(25)23-15-20(24-12-5-6-13-24)19-10-3-4-11-21(19)27-2/h3-4,7-11,14,20H,5-6,12-13,15-16H2,1-2H3,(H,23,25). The van der Waals surface area contributed by atoms with Crippen LogP contribution in [-0.2, 0) is 11.3 Å². The van der Waals surface area contributed by atoms with E-state index in [4.69, 9.17) is 9.47 Å². The van der Waals surface area contributed by atoms with Gasteiger partial charge >= 0.3 is 0 Å². The molecular weight excluding hydrogens is 340 g/mol. The lowest BCUT2D eigenvalue weighted by Gasteiger charge is -2.29. The number of hydrogen-bond acceptors (Lipinski definition) is 4. The molecule has 1 fully saturated rings. The van der Waals surface area contributed by atoms with Gasteiger partial charge in [0.05, 0.1) is 19.8 Å². The van der Waals surface area contributed by atoms with Gasteiger partial charge in [0, 0.05) is 24.8 Å². The molecule has 1 aliphatic rings. The number of carbonyl (C=O) groups is 1. The van der Waals surface area contributed by atoms with E-state index in [2.05, 4.69) is 16.3 Å². The molecule has 0 spiro atoms. The molecule has 0 saturated carbocycles. The molecule has 1 saturated heterocycles. The number of nitrogens with one attached hydrogen (secondary N) is 1. The van der Waals surface area contributed by atoms with Crippen LogP contribution in [0.25, 0.3) is 0 Å². The molecular formula is C22H28N2O3. The average molecular weight is 368 g/mol. The highest BCUT2D eigenvalue weighted by Gasteiger charge is 2.26. The second-order valence-electron chi connectivity index (χ2n) is 6.84. The van der Waals surface area contributed by atoms with Gasteiger partial charge in [-0.2, -0.15) is 0 Å². The molecule has 2 aromatic carbocycles. The lowest BCUT2D eigenvalue weighted by Crippen LogP contribution is -2.37. The first kappa shape index (κ1) is 19.4. The number of rotatable bonds is 8. The summed E-state index contributed by atoms with van der Waals surface area (Å²) in [6.07, 6.45) is 2.39. The maximum atomic E-state index is 12.7. The topological polar surface area (TPSA) is 50.8 Å². The van der Waals surface area contributed by atoms with Crippen LogP contribution in [0.1, 0.15) is 40.4 Å². The van der Waals surface area contributed by atoms with E-state index in [-0.39, 0.29) is 11.9 Å². The Balaban J connectivity index is 1.74. The van der Waals surface area contributed by atoms with Crippen molar-refractivity contribution >= 4 is 5.91 Å². The highest BCUT2D eigenvalue weighted by atomic mass is 16.5. The minimum absolute atomic E-state index is 0.0629. The maximum absolute atomic E-state index is 12.7. The van der Waals surface area contributed by atoms with E-state index in [1.807, 2.05) is 42.5 Å². The van der Waals surface area contributed by atoms with Gasteiger partial charge in [-0.15, -0.1) is 0 Å². The van der Waals surface area contributed by atoms with E-state index >= 15 is 0 Å². The molecule has 0 bridgehead atoms. The Morgan fingerprint density at radius 1 is 1.11 bits per heavy atom. The molecule has 0 aromatic heterocycles. The van der Waals surface area contributed by atoms with E-state index in [1.54, 1.807) is 14.2 Å². The molecule has 27 heavy (non-hydrogen) atoms. The number of hydrogen-bond donors (Lipinski definition) is 1. The van der Waals surface area contributed by atoms with Gasteiger partial charge in [-0.3, -0.25) is 9.69 Å². The van der Waals surface area contributed by atoms with Gasteiger partial charge in [-0.1, -0.05) is 30.3 Å². The fourth-order valence-corrected chi connectivity index (χ4v) is 3.69. The van der Waals surface area contributed by atoms with Gasteiger partial charge in [0.2, 0.25) is 0 Å². The number of para-hydroxylation sites is 1. The van der Waals surface area contributed by atoms with E-state index in [0.717, 1.165) is 30.0 Å². The molecule has 1 atom stereocenters. The lowest BCUT2D eigenvalue weighted by molar-refractivity contribution is 0.0937. The van der Waals surface area contributed by atoms with Crippen LogP contribution < -0.4 is 10.1 Å². The van der Waals surface area contributed by atoms with Crippen molar-refractivity contribution in [1.82, 2.24) is 10.2 Å². The number of ether oxygens (including phenoxy) is 2. The zero-order chi connectivity index (χ0) is 19.1. The normalized spacial score (nSPS) is 15.5. The Morgan fingerprint density at radius 3 is 2.63 bits per heavy atom. The maximum Gasteiger partial charge on any atom is 0.251 e. The summed E-state index contributed by atoms with van der Waals surface area (Å²) in [5.41, 5.74) is 2.77. The van der Waals surface area contributed by atoms with E-state index < -0.39 is 0 Å². The van der Waals surface area contributed by atoms with Crippen LogP contribution in [0.2, 0.25) is 0 Å². The predicted octanol–water partition coefficient (Wildman–Crippen LogP) is 3.41. The van der Waals surface area contributed by atoms with Crippen molar-refractivity contribution in [1.29, 1.82) is 0 Å². The Labute approximate surface area is 161 Å².